The Hall–Kier alpha value is -3.16. The van der Waals surface area contributed by atoms with Crippen LogP contribution in [-0.2, 0) is 6.42 Å². The number of benzene rings is 1. The highest BCUT2D eigenvalue weighted by Crippen LogP contribution is 2.29. The fraction of sp³-hybridized carbons (Fsp3) is 0.273. The molecule has 4 nitrogen and oxygen atoms in total. The number of hydrogen-bond acceptors (Lipinski definition) is 3. The van der Waals surface area contributed by atoms with Crippen LogP contribution < -0.4 is 5.32 Å². The average Bonchev–Trinajstić information content (AvgIpc) is 3.18. The Labute approximate surface area is 170 Å². The second kappa shape index (κ2) is 7.93. The van der Waals surface area contributed by atoms with E-state index in [-0.39, 0.29) is 5.76 Å². The minimum Gasteiger partial charge on any atom is -0.456 e. The van der Waals surface area contributed by atoms with Gasteiger partial charge in [-0.05, 0) is 80.1 Å². The number of halogens is 4. The molecule has 8 heteroatoms. The Bertz CT molecular complexity index is 1110. The van der Waals surface area contributed by atoms with Crippen molar-refractivity contribution < 1.29 is 26.8 Å². The van der Waals surface area contributed by atoms with E-state index in [1.54, 1.807) is 11.4 Å². The van der Waals surface area contributed by atoms with Gasteiger partial charge in [-0.15, -0.1) is 0 Å². The topological polar surface area (TPSA) is 55.1 Å². The molecule has 3 aromatic rings. The monoisotopic (exact) mass is 420 g/mol. The summed E-state index contributed by atoms with van der Waals surface area (Å²) in [4.78, 5) is 14.7. The molecule has 1 aromatic carbocycles. The fourth-order valence-corrected chi connectivity index (χ4v) is 3.38. The summed E-state index contributed by atoms with van der Waals surface area (Å²) in [7, 11) is 0. The molecule has 0 radical (unpaired) electrons. The molecule has 0 aliphatic carbocycles. The van der Waals surface area contributed by atoms with E-state index in [4.69, 9.17) is 4.42 Å². The molecule has 0 bridgehead atoms. The lowest BCUT2D eigenvalue weighted by Gasteiger charge is -2.18. The molecule has 1 N–H and O–H groups in total. The van der Waals surface area contributed by atoms with Gasteiger partial charge in [0, 0.05) is 6.42 Å². The van der Waals surface area contributed by atoms with Gasteiger partial charge in [0.05, 0.1) is 0 Å². The molecular formula is C22H20F4N2O2. The van der Waals surface area contributed by atoms with Crippen molar-refractivity contribution in [1.29, 1.82) is 0 Å². The van der Waals surface area contributed by atoms with E-state index in [0.717, 1.165) is 16.7 Å². The third kappa shape index (κ3) is 3.69. The molecule has 158 valence electrons. The molecule has 2 heterocycles. The molecule has 0 spiro atoms. The summed E-state index contributed by atoms with van der Waals surface area (Å²) in [6.07, 6.45) is 0.411. The van der Waals surface area contributed by atoms with Crippen LogP contribution in [0.2, 0.25) is 0 Å². The van der Waals surface area contributed by atoms with Crippen LogP contribution in [0.15, 0.2) is 16.5 Å². The van der Waals surface area contributed by atoms with Gasteiger partial charge >= 0.3 is 0 Å². The summed E-state index contributed by atoms with van der Waals surface area (Å²) in [5.74, 6) is -8.16. The van der Waals surface area contributed by atoms with Crippen LogP contribution in [0, 0.1) is 58.1 Å². The molecular weight excluding hydrogens is 400 g/mol. The largest absolute Gasteiger partial charge is 0.456 e. The number of nitrogens with zero attached hydrogens (tertiary/aromatic N) is 1. The van der Waals surface area contributed by atoms with Gasteiger partial charge in [0.1, 0.15) is 11.4 Å². The highest BCUT2D eigenvalue weighted by molar-refractivity contribution is 6.02. The van der Waals surface area contributed by atoms with Crippen molar-refractivity contribution in [3.8, 4) is 0 Å². The average molecular weight is 420 g/mol. The Kier molecular flexibility index (Phi) is 5.70. The van der Waals surface area contributed by atoms with Crippen LogP contribution in [0.4, 0.5) is 23.2 Å². The molecule has 0 unspecified atom stereocenters. The molecule has 0 aliphatic rings. The van der Waals surface area contributed by atoms with E-state index in [1.165, 1.54) is 22.8 Å². The predicted molar refractivity (Wildman–Crippen MR) is 104 cm³/mol. The zero-order valence-corrected chi connectivity index (χ0v) is 17.1. The van der Waals surface area contributed by atoms with Crippen molar-refractivity contribution in [2.24, 2.45) is 0 Å². The number of nitrogens with one attached hydrogen (secondary N) is 1. The smallest absolute Gasteiger partial charge is 0.291 e. The van der Waals surface area contributed by atoms with Gasteiger partial charge < -0.3 is 9.73 Å². The third-order valence-electron chi connectivity index (χ3n) is 5.63. The molecule has 1 amide bonds. The van der Waals surface area contributed by atoms with Crippen LogP contribution in [0.3, 0.4) is 0 Å². The number of carbonyl (C=O) groups is 1. The first-order valence-corrected chi connectivity index (χ1v) is 9.18. The van der Waals surface area contributed by atoms with E-state index in [9.17, 15) is 22.4 Å². The van der Waals surface area contributed by atoms with Crippen molar-refractivity contribution in [3.05, 3.63) is 80.6 Å². The Morgan fingerprint density at radius 2 is 1.37 bits per heavy atom. The van der Waals surface area contributed by atoms with Gasteiger partial charge in [-0.1, -0.05) is 0 Å². The predicted octanol–water partition coefficient (Wildman–Crippen LogP) is 5.62. The quantitative estimate of drug-likeness (QED) is 0.441. The minimum absolute atomic E-state index is 0.253. The van der Waals surface area contributed by atoms with Crippen LogP contribution in [0.25, 0.3) is 0 Å². The minimum atomic E-state index is -1.86. The van der Waals surface area contributed by atoms with E-state index in [0.29, 0.717) is 12.2 Å². The van der Waals surface area contributed by atoms with Crippen molar-refractivity contribution >= 4 is 11.6 Å². The van der Waals surface area contributed by atoms with Crippen LogP contribution in [0.5, 0.6) is 0 Å². The zero-order chi connectivity index (χ0) is 22.3. The van der Waals surface area contributed by atoms with Gasteiger partial charge in [0.2, 0.25) is 11.6 Å². The van der Waals surface area contributed by atoms with Crippen LogP contribution in [0.1, 0.15) is 49.7 Å². The molecule has 0 fully saturated rings. The van der Waals surface area contributed by atoms with E-state index < -0.39 is 35.1 Å². The van der Waals surface area contributed by atoms with E-state index in [1.807, 2.05) is 27.7 Å². The molecule has 0 saturated heterocycles. The van der Waals surface area contributed by atoms with Crippen LogP contribution in [-0.4, -0.2) is 10.9 Å². The SMILES string of the molecule is Cc1c(C)c(C)c(Cc2ccc(C(=O)Nc3c(F)c(F)nc(F)c3F)o2)c(C)c1C. The summed E-state index contributed by atoms with van der Waals surface area (Å²) >= 11 is 0. The van der Waals surface area contributed by atoms with Gasteiger partial charge in [0.25, 0.3) is 17.8 Å². The molecule has 0 atom stereocenters. The van der Waals surface area contributed by atoms with Gasteiger partial charge in [-0.2, -0.15) is 22.5 Å². The van der Waals surface area contributed by atoms with Gasteiger partial charge in [0.15, 0.2) is 5.76 Å². The maximum absolute atomic E-state index is 13.7. The molecule has 0 saturated carbocycles. The molecule has 30 heavy (non-hydrogen) atoms. The normalized spacial score (nSPS) is 11.1. The summed E-state index contributed by atoms with van der Waals surface area (Å²) in [5, 5.41) is 1.80. The van der Waals surface area contributed by atoms with Crippen molar-refractivity contribution in [1.82, 2.24) is 4.98 Å². The lowest BCUT2D eigenvalue weighted by molar-refractivity contribution is 0.0994. The number of carbonyl (C=O) groups excluding carboxylic acids is 1. The van der Waals surface area contributed by atoms with Crippen molar-refractivity contribution in [2.75, 3.05) is 5.32 Å². The first kappa shape index (κ1) is 21.5. The number of rotatable bonds is 4. The summed E-state index contributed by atoms with van der Waals surface area (Å²) in [6.45, 7) is 10.2. The lowest BCUT2D eigenvalue weighted by Crippen LogP contribution is -2.16. The number of amides is 1. The van der Waals surface area contributed by atoms with E-state index in [2.05, 4.69) is 11.9 Å². The van der Waals surface area contributed by atoms with Crippen LogP contribution >= 0.6 is 0 Å². The first-order valence-electron chi connectivity index (χ1n) is 9.18. The maximum Gasteiger partial charge on any atom is 0.291 e. The fourth-order valence-electron chi connectivity index (χ4n) is 3.38. The maximum atomic E-state index is 13.7. The third-order valence-corrected chi connectivity index (χ3v) is 5.63. The number of hydrogen-bond donors (Lipinski definition) is 1. The molecule has 2 aromatic heterocycles. The second-order valence-electron chi connectivity index (χ2n) is 7.20. The number of pyridine rings is 1. The highest BCUT2D eigenvalue weighted by Gasteiger charge is 2.24. The number of anilines is 1. The summed E-state index contributed by atoms with van der Waals surface area (Å²) < 4.78 is 59.4. The molecule has 3 rings (SSSR count). The van der Waals surface area contributed by atoms with Crippen molar-refractivity contribution in [2.45, 2.75) is 41.0 Å². The number of furan rings is 1. The standard InChI is InChI=1S/C22H20F4N2O2/c1-9-10(2)12(4)15(13(5)11(9)3)8-14-6-7-16(30-14)22(29)27-19-17(23)20(25)28-21(26)18(19)24/h6-7H,8H2,1-5H3,(H,27,28,29). The molecule has 0 aliphatic heterocycles. The lowest BCUT2D eigenvalue weighted by atomic mass is 9.88. The second-order valence-corrected chi connectivity index (χ2v) is 7.20. The zero-order valence-electron chi connectivity index (χ0n) is 17.1. The van der Waals surface area contributed by atoms with Gasteiger partial charge in [-0.3, -0.25) is 4.79 Å². The van der Waals surface area contributed by atoms with E-state index >= 15 is 0 Å². The number of aromatic nitrogens is 1. The van der Waals surface area contributed by atoms with Gasteiger partial charge in [-0.25, -0.2) is 0 Å². The highest BCUT2D eigenvalue weighted by atomic mass is 19.2. The summed E-state index contributed by atoms with van der Waals surface area (Å²) in [5.41, 5.74) is 5.59. The summed E-state index contributed by atoms with van der Waals surface area (Å²) in [6, 6.07) is 2.89. The van der Waals surface area contributed by atoms with Crippen molar-refractivity contribution in [3.63, 3.8) is 0 Å². The Morgan fingerprint density at radius 1 is 0.867 bits per heavy atom. The first-order chi connectivity index (χ1) is 14.0. The Morgan fingerprint density at radius 3 is 1.90 bits per heavy atom. The Balaban J connectivity index is 1.88.